The lowest BCUT2D eigenvalue weighted by molar-refractivity contribution is -0.0106. The number of aryl methyl sites for hydroxylation is 4. The summed E-state index contributed by atoms with van der Waals surface area (Å²) < 4.78 is 32.2. The Labute approximate surface area is 739 Å². The van der Waals surface area contributed by atoms with Gasteiger partial charge in [0.2, 0.25) is 0 Å². The average Bonchev–Trinajstić information content (AvgIpc) is 1.64. The highest BCUT2D eigenvalue weighted by molar-refractivity contribution is 7.11. The molecule has 36 nitrogen and oxygen atoms in total. The third-order valence-electron chi connectivity index (χ3n) is 23.6. The van der Waals surface area contributed by atoms with Crippen LogP contribution >= 0.6 is 46.1 Å². The number of imidazole rings is 4. The molecule has 0 spiro atoms. The Morgan fingerprint density at radius 2 is 0.744 bits per heavy atom. The fraction of sp³-hybridized carbons (Fsp3) is 0.435. The fourth-order valence-corrected chi connectivity index (χ4v) is 19.2. The molecule has 19 rings (SSSR count). The van der Waals surface area contributed by atoms with Gasteiger partial charge in [0.25, 0.3) is 0 Å². The molecule has 16 aromatic heterocycles. The Morgan fingerprint density at radius 1 is 0.440 bits per heavy atom. The molecule has 11 N–H and O–H groups in total. The van der Waals surface area contributed by atoms with Crippen LogP contribution < -0.4 is 21.3 Å². The number of hydrogen-bond acceptors (Lipinski definition) is 32. The Kier molecular flexibility index (Phi) is 26.7. The first kappa shape index (κ1) is 87.2. The molecule has 0 saturated carbocycles. The third-order valence-corrected chi connectivity index (χ3v) is 26.6. The maximum atomic E-state index is 9.90. The molecule has 3 aliphatic heterocycles. The summed E-state index contributed by atoms with van der Waals surface area (Å²) in [5.74, 6) is 2.80. The van der Waals surface area contributed by atoms with Crippen LogP contribution in [0.4, 0.5) is 43.3 Å². The topological polar surface area (TPSA) is 418 Å². The molecule has 3 atom stereocenters. The number of fused-ring (bicyclic) bond motifs is 4. The van der Waals surface area contributed by atoms with Gasteiger partial charge >= 0.3 is 0 Å². The number of hydrogen-bond donors (Lipinski definition) is 11. The zero-order chi connectivity index (χ0) is 87.0. The van der Waals surface area contributed by atoms with Crippen molar-refractivity contribution in [2.75, 3.05) is 81.0 Å². The van der Waals surface area contributed by atoms with Crippen molar-refractivity contribution in [3.63, 3.8) is 0 Å². The van der Waals surface area contributed by atoms with E-state index in [4.69, 9.17) is 14.1 Å². The molecule has 656 valence electrons. The second-order valence-corrected chi connectivity index (χ2v) is 36.9. The highest BCUT2D eigenvalue weighted by Gasteiger charge is 2.38. The number of aromatic amines is 4. The average molecular weight is 1770 g/mol. The van der Waals surface area contributed by atoms with Crippen molar-refractivity contribution in [3.05, 3.63) is 169 Å². The SMILES string of the molecule is CCCN(Cc1cc(Nc2nc(C)cn3c(-c4cn[nH]c4)cnc23)sn1)C(C)(C)CO.COC[C@]1(C)CCCCN1Cc1cc(Nc2nc(C)cn3c(-c4cn[nH]c4)cnc23)sn1.Cc1cn2c(-c3cn[nH]c3)cnc2c(Nc2cc(CN3CCCC[C@@]3(C)CO)ns2)n1.Cc1cn2c(-c3cn[nH]c3)cnc2c(Nc2cc(CN3CCCC[C@]3(C)CO)ns2)n1. The maximum Gasteiger partial charge on any atom is 0.180 e. The number of methoxy groups -OCH3 is 1. The van der Waals surface area contributed by atoms with Gasteiger partial charge in [0.1, 0.15) is 20.0 Å². The lowest BCUT2D eigenvalue weighted by Gasteiger charge is -2.44. The van der Waals surface area contributed by atoms with Gasteiger partial charge in [-0.05, 0) is 204 Å². The van der Waals surface area contributed by atoms with E-state index in [-0.39, 0.29) is 42.0 Å². The van der Waals surface area contributed by atoms with E-state index in [1.807, 2.05) is 126 Å². The molecule has 0 amide bonds. The number of aliphatic hydroxyl groups is 3. The van der Waals surface area contributed by atoms with Gasteiger partial charge in [0.15, 0.2) is 45.9 Å². The summed E-state index contributed by atoms with van der Waals surface area (Å²) in [6.07, 6.45) is 41.1. The molecular weight excluding hydrogens is 1660 g/mol. The van der Waals surface area contributed by atoms with E-state index in [2.05, 4.69) is 189 Å². The van der Waals surface area contributed by atoms with E-state index >= 15 is 0 Å². The molecule has 125 heavy (non-hydrogen) atoms. The molecule has 16 aromatic rings. The highest BCUT2D eigenvalue weighted by atomic mass is 32.1. The summed E-state index contributed by atoms with van der Waals surface area (Å²) in [7, 11) is 1.78. The maximum absolute atomic E-state index is 9.90. The summed E-state index contributed by atoms with van der Waals surface area (Å²) in [6.45, 7) is 28.8. The Bertz CT molecular complexity index is 5790. The van der Waals surface area contributed by atoms with Crippen molar-refractivity contribution in [1.82, 2.24) is 135 Å². The number of H-pyrrole nitrogens is 4. The minimum atomic E-state index is -0.295. The Balaban J connectivity index is 0.000000123. The van der Waals surface area contributed by atoms with Gasteiger partial charge in [-0.3, -0.25) is 57.6 Å². The van der Waals surface area contributed by atoms with Gasteiger partial charge < -0.3 is 41.3 Å². The van der Waals surface area contributed by atoms with Crippen molar-refractivity contribution in [2.45, 2.75) is 182 Å². The first-order valence-corrected chi connectivity index (χ1v) is 45.2. The number of likely N-dealkylation sites (tertiary alicyclic amines) is 3. The molecule has 19 heterocycles. The number of piperidine rings is 3. The Morgan fingerprint density at radius 3 is 1.03 bits per heavy atom. The summed E-state index contributed by atoms with van der Waals surface area (Å²) in [5.41, 5.74) is 17.7. The van der Waals surface area contributed by atoms with E-state index in [9.17, 15) is 15.3 Å². The smallest absolute Gasteiger partial charge is 0.180 e. The van der Waals surface area contributed by atoms with E-state index in [1.165, 1.54) is 59.0 Å². The molecule has 3 saturated heterocycles. The standard InChI is InChI=1S/C22H28N8OS.2C21H26N8OS.C21H28N8OS/c1-15-12-30-18(16-9-24-25-10-16)11-23-21(30)20(26-15)27-19-8-17(28-32-19)13-29-7-5-4-6-22(29,2)14-31-3;2*1-14-11-29-17(15-8-23-24-9-15)10-22-20(29)19(25-14)26-18-7-16(27-31-18)12-28-6-4-3-5-21(28,2)13-30;1-5-6-28(21(3,4)13-30)12-16-7-18(31-27-16)26-19-20-22-10-17(15-8-23-24-9-15)29(20)11-14(2)25-19/h8-12H,4-7,13-14H2,1-3H3,(H,24,25)(H,26,27);2*7-11,30H,3-6,12-13H2,1-2H3,(H,23,24)(H,25,26);7-11,30H,5-6,12-13H2,1-4H3,(H,23,24)(H,25,26)/t22-;2*21-;/m010./s1. The summed E-state index contributed by atoms with van der Waals surface area (Å²) in [5, 5.41) is 74.5. The lowest BCUT2D eigenvalue weighted by atomic mass is 9.89. The molecule has 0 unspecified atom stereocenters. The molecule has 0 radical (unpaired) electrons. The first-order chi connectivity index (χ1) is 60.6. The number of nitrogens with zero attached hydrogens (tertiary/aromatic N) is 24. The molecule has 0 aliphatic carbocycles. The minimum absolute atomic E-state index is 0.0633. The molecule has 0 aromatic carbocycles. The van der Waals surface area contributed by atoms with Gasteiger partial charge in [-0.2, -0.15) is 37.9 Å². The number of anilines is 8. The summed E-state index contributed by atoms with van der Waals surface area (Å²) >= 11 is 5.69. The number of aliphatic hydroxyl groups excluding tert-OH is 3. The number of ether oxygens (including phenoxy) is 1. The van der Waals surface area contributed by atoms with Gasteiger partial charge in [0, 0.05) is 127 Å². The Hall–Kier alpha value is -11.3. The van der Waals surface area contributed by atoms with E-state index < -0.39 is 0 Å². The molecule has 3 fully saturated rings. The molecular formula is C85H108N32O4S4. The second-order valence-electron chi connectivity index (χ2n) is 33.7. The number of aromatic nitrogens is 24. The van der Waals surface area contributed by atoms with Crippen LogP contribution in [0.3, 0.4) is 0 Å². The normalized spacial score (nSPS) is 17.9. The van der Waals surface area contributed by atoms with Crippen molar-refractivity contribution < 1.29 is 20.1 Å². The van der Waals surface area contributed by atoms with Crippen LogP contribution in [0.5, 0.6) is 0 Å². The highest BCUT2D eigenvalue weighted by Crippen LogP contribution is 2.38. The van der Waals surface area contributed by atoms with Crippen LogP contribution in [-0.2, 0) is 30.9 Å². The summed E-state index contributed by atoms with van der Waals surface area (Å²) in [4.78, 5) is 46.5. The zero-order valence-corrected chi connectivity index (χ0v) is 75.5. The monoisotopic (exact) mass is 1770 g/mol. The van der Waals surface area contributed by atoms with Crippen LogP contribution in [0.15, 0.2) is 123 Å². The number of nitrogens with one attached hydrogen (secondary N) is 8. The van der Waals surface area contributed by atoms with Crippen molar-refractivity contribution in [1.29, 1.82) is 0 Å². The van der Waals surface area contributed by atoms with Gasteiger partial charge in [-0.25, -0.2) is 39.9 Å². The quantitative estimate of drug-likeness (QED) is 0.0217. The summed E-state index contributed by atoms with van der Waals surface area (Å²) in [6, 6.07) is 8.29. The minimum Gasteiger partial charge on any atom is -0.394 e. The van der Waals surface area contributed by atoms with Crippen molar-refractivity contribution in [3.8, 4) is 45.0 Å². The van der Waals surface area contributed by atoms with Gasteiger partial charge in [-0.15, -0.1) is 0 Å². The molecule has 40 heteroatoms. The first-order valence-electron chi connectivity index (χ1n) is 42.2. The molecule has 3 aliphatic rings. The largest absolute Gasteiger partial charge is 0.394 e. The van der Waals surface area contributed by atoms with E-state index in [1.54, 1.807) is 31.9 Å². The predicted octanol–water partition coefficient (Wildman–Crippen LogP) is 14.4. The van der Waals surface area contributed by atoms with Gasteiger partial charge in [-0.1, -0.05) is 26.2 Å². The van der Waals surface area contributed by atoms with Crippen LogP contribution in [-0.4, -0.2) is 233 Å². The van der Waals surface area contributed by atoms with Crippen LogP contribution in [0.2, 0.25) is 0 Å². The van der Waals surface area contributed by atoms with Crippen LogP contribution in [0.1, 0.15) is 151 Å². The van der Waals surface area contributed by atoms with E-state index in [0.29, 0.717) is 24.0 Å². The predicted molar refractivity (Wildman–Crippen MR) is 489 cm³/mol. The molecule has 0 bridgehead atoms. The van der Waals surface area contributed by atoms with Crippen LogP contribution in [0.25, 0.3) is 67.6 Å². The fourth-order valence-electron chi connectivity index (χ4n) is 16.5. The number of rotatable bonds is 28. The van der Waals surface area contributed by atoms with Gasteiger partial charge in [0.05, 0.1) is 144 Å². The zero-order valence-electron chi connectivity index (χ0n) is 72.2. The van der Waals surface area contributed by atoms with Crippen molar-refractivity contribution in [2.24, 2.45) is 0 Å². The van der Waals surface area contributed by atoms with Crippen molar-refractivity contribution >= 4 is 112 Å². The second kappa shape index (κ2) is 38.3. The van der Waals surface area contributed by atoms with E-state index in [0.717, 1.165) is 243 Å². The van der Waals surface area contributed by atoms with Crippen LogP contribution in [0, 0.1) is 27.7 Å². The third kappa shape index (κ3) is 19.7. The lowest BCUT2D eigenvalue weighted by Crippen LogP contribution is -2.52.